The van der Waals surface area contributed by atoms with Crippen LogP contribution in [0.3, 0.4) is 0 Å². The summed E-state index contributed by atoms with van der Waals surface area (Å²) in [6.45, 7) is 0. The molecule has 13 heavy (non-hydrogen) atoms. The fourth-order valence-electron chi connectivity index (χ4n) is 1.78. The minimum Gasteiger partial charge on any atom is -0.345 e. The van der Waals surface area contributed by atoms with E-state index in [0.29, 0.717) is 12.0 Å². The zero-order valence-corrected chi connectivity index (χ0v) is 7.20. The summed E-state index contributed by atoms with van der Waals surface area (Å²) in [6, 6.07) is 6.70. The van der Waals surface area contributed by atoms with Crippen LogP contribution in [0, 0.1) is 0 Å². The number of imidazole rings is 1. The van der Waals surface area contributed by atoms with E-state index >= 15 is 0 Å². The molecule has 2 atom stereocenters. The number of nitrogens with zero attached hydrogens (tertiary/aromatic N) is 1. The molecule has 0 spiro atoms. The predicted octanol–water partition coefficient (Wildman–Crippen LogP) is 1.38. The molecule has 0 bridgehead atoms. The van der Waals surface area contributed by atoms with E-state index in [0.717, 1.165) is 17.5 Å². The van der Waals surface area contributed by atoms with Crippen LogP contribution in [0.5, 0.6) is 0 Å². The van der Waals surface area contributed by atoms with Crippen LogP contribution < -0.4 is 5.73 Å². The van der Waals surface area contributed by atoms with Gasteiger partial charge in [-0.2, -0.15) is 0 Å². The number of rotatable bonds is 1. The number of H-pyrrole nitrogens is 1. The summed E-state index contributed by atoms with van der Waals surface area (Å²) in [5.74, 6) is 0.577. The molecule has 66 valence electrons. The van der Waals surface area contributed by atoms with Crippen molar-refractivity contribution in [3.63, 3.8) is 0 Å². The third-order valence-corrected chi connectivity index (χ3v) is 2.71. The number of fused-ring (bicyclic) bond motifs is 1. The normalized spacial score (nSPS) is 26.5. The summed E-state index contributed by atoms with van der Waals surface area (Å²) in [5.41, 5.74) is 9.26. The van der Waals surface area contributed by atoms with Crippen molar-refractivity contribution in [3.8, 4) is 0 Å². The lowest BCUT2D eigenvalue weighted by atomic mass is 10.1. The van der Waals surface area contributed by atoms with Crippen molar-refractivity contribution in [2.45, 2.75) is 18.4 Å². The van der Waals surface area contributed by atoms with Gasteiger partial charge in [-0.25, -0.2) is 4.98 Å². The van der Waals surface area contributed by atoms with Gasteiger partial charge in [0.25, 0.3) is 0 Å². The number of nitrogens with two attached hydrogens (primary N) is 1. The summed E-state index contributed by atoms with van der Waals surface area (Å²) in [4.78, 5) is 7.28. The van der Waals surface area contributed by atoms with Crippen LogP contribution in [-0.4, -0.2) is 16.0 Å². The molecule has 1 fully saturated rings. The van der Waals surface area contributed by atoms with Gasteiger partial charge in [0, 0.05) is 12.0 Å². The van der Waals surface area contributed by atoms with Crippen LogP contribution in [0.15, 0.2) is 24.5 Å². The number of aromatic amines is 1. The van der Waals surface area contributed by atoms with Gasteiger partial charge in [-0.05, 0) is 24.1 Å². The summed E-state index contributed by atoms with van der Waals surface area (Å²) in [5, 5.41) is 0. The Kier molecular flexibility index (Phi) is 1.27. The first-order chi connectivity index (χ1) is 6.34. The first-order valence-corrected chi connectivity index (χ1v) is 4.53. The molecule has 0 amide bonds. The second kappa shape index (κ2) is 2.33. The first-order valence-electron chi connectivity index (χ1n) is 4.53. The molecule has 1 aromatic heterocycles. The van der Waals surface area contributed by atoms with Gasteiger partial charge in [0.15, 0.2) is 0 Å². The SMILES string of the molecule is NC1CC1c1ccc2nc[nH]c2c1. The van der Waals surface area contributed by atoms with Gasteiger partial charge in [0.05, 0.1) is 17.4 Å². The van der Waals surface area contributed by atoms with Gasteiger partial charge in [-0.1, -0.05) is 6.07 Å². The maximum atomic E-state index is 5.79. The van der Waals surface area contributed by atoms with Crippen molar-refractivity contribution in [2.75, 3.05) is 0 Å². The van der Waals surface area contributed by atoms with Crippen LogP contribution in [0.2, 0.25) is 0 Å². The Balaban J connectivity index is 2.10. The Labute approximate surface area is 76.0 Å². The maximum absolute atomic E-state index is 5.79. The molecule has 3 nitrogen and oxygen atoms in total. The molecule has 1 aromatic carbocycles. The van der Waals surface area contributed by atoms with Crippen LogP contribution in [0.4, 0.5) is 0 Å². The van der Waals surface area contributed by atoms with Gasteiger partial charge in [-0.3, -0.25) is 0 Å². The minimum absolute atomic E-state index is 0.375. The molecule has 3 rings (SSSR count). The molecule has 1 aliphatic rings. The van der Waals surface area contributed by atoms with Crippen LogP contribution in [-0.2, 0) is 0 Å². The summed E-state index contributed by atoms with van der Waals surface area (Å²) < 4.78 is 0. The van der Waals surface area contributed by atoms with Crippen LogP contribution >= 0.6 is 0 Å². The van der Waals surface area contributed by atoms with E-state index in [1.165, 1.54) is 5.56 Å². The smallest absolute Gasteiger partial charge is 0.0931 e. The van der Waals surface area contributed by atoms with Crippen LogP contribution in [0.1, 0.15) is 17.9 Å². The fraction of sp³-hybridized carbons (Fsp3) is 0.300. The Morgan fingerprint density at radius 3 is 3.08 bits per heavy atom. The van der Waals surface area contributed by atoms with E-state index in [1.54, 1.807) is 6.33 Å². The summed E-state index contributed by atoms with van der Waals surface area (Å²) >= 11 is 0. The third-order valence-electron chi connectivity index (χ3n) is 2.71. The highest BCUT2D eigenvalue weighted by atomic mass is 14.9. The third kappa shape index (κ3) is 1.04. The highest BCUT2D eigenvalue weighted by Gasteiger charge is 2.34. The van der Waals surface area contributed by atoms with Crippen molar-refractivity contribution >= 4 is 11.0 Å². The number of hydrogen-bond acceptors (Lipinski definition) is 2. The van der Waals surface area contributed by atoms with Crippen molar-refractivity contribution in [1.29, 1.82) is 0 Å². The molecule has 2 unspecified atom stereocenters. The molecule has 1 aliphatic carbocycles. The molecule has 0 aliphatic heterocycles. The standard InChI is InChI=1S/C10H11N3/c11-8-4-7(8)6-1-2-9-10(3-6)13-5-12-9/h1-3,5,7-8H,4,11H2,(H,12,13). The van der Waals surface area contributed by atoms with Gasteiger partial charge in [-0.15, -0.1) is 0 Å². The molecule has 1 saturated carbocycles. The monoisotopic (exact) mass is 173 g/mol. The molecule has 2 aromatic rings. The molecule has 1 heterocycles. The van der Waals surface area contributed by atoms with E-state index in [1.807, 2.05) is 6.07 Å². The van der Waals surface area contributed by atoms with Gasteiger partial charge >= 0.3 is 0 Å². The van der Waals surface area contributed by atoms with Crippen molar-refractivity contribution < 1.29 is 0 Å². The summed E-state index contributed by atoms with van der Waals surface area (Å²) in [6.07, 6.45) is 2.85. The topological polar surface area (TPSA) is 54.7 Å². The molecule has 0 saturated heterocycles. The fourth-order valence-corrected chi connectivity index (χ4v) is 1.78. The van der Waals surface area contributed by atoms with Gasteiger partial charge < -0.3 is 10.7 Å². The van der Waals surface area contributed by atoms with E-state index in [4.69, 9.17) is 5.73 Å². The van der Waals surface area contributed by atoms with E-state index in [2.05, 4.69) is 22.1 Å². The van der Waals surface area contributed by atoms with Crippen molar-refractivity contribution in [3.05, 3.63) is 30.1 Å². The maximum Gasteiger partial charge on any atom is 0.0931 e. The average Bonchev–Trinajstić information content (AvgIpc) is 2.70. The highest BCUT2D eigenvalue weighted by Crippen LogP contribution is 2.39. The number of aromatic nitrogens is 2. The lowest BCUT2D eigenvalue weighted by Gasteiger charge is -1.97. The quantitative estimate of drug-likeness (QED) is 0.684. The molecular weight excluding hydrogens is 162 g/mol. The second-order valence-electron chi connectivity index (χ2n) is 3.69. The first kappa shape index (κ1) is 7.09. The predicted molar refractivity (Wildman–Crippen MR) is 51.4 cm³/mol. The molecular formula is C10H11N3. The average molecular weight is 173 g/mol. The van der Waals surface area contributed by atoms with Gasteiger partial charge in [0.1, 0.15) is 0 Å². The number of hydrogen-bond donors (Lipinski definition) is 2. The zero-order valence-electron chi connectivity index (χ0n) is 7.20. The van der Waals surface area contributed by atoms with E-state index in [9.17, 15) is 0 Å². The van der Waals surface area contributed by atoms with E-state index in [-0.39, 0.29) is 0 Å². The van der Waals surface area contributed by atoms with Crippen LogP contribution in [0.25, 0.3) is 11.0 Å². The highest BCUT2D eigenvalue weighted by molar-refractivity contribution is 5.75. The molecule has 0 radical (unpaired) electrons. The summed E-state index contributed by atoms with van der Waals surface area (Å²) in [7, 11) is 0. The largest absolute Gasteiger partial charge is 0.345 e. The Hall–Kier alpha value is -1.35. The Morgan fingerprint density at radius 2 is 2.31 bits per heavy atom. The lowest BCUT2D eigenvalue weighted by molar-refractivity contribution is 0.992. The Morgan fingerprint density at radius 1 is 1.46 bits per heavy atom. The molecule has 3 N–H and O–H groups in total. The van der Waals surface area contributed by atoms with Gasteiger partial charge in [0.2, 0.25) is 0 Å². The number of benzene rings is 1. The zero-order chi connectivity index (χ0) is 8.84. The van der Waals surface area contributed by atoms with Crippen molar-refractivity contribution in [1.82, 2.24) is 9.97 Å². The Bertz CT molecular complexity index is 446. The van der Waals surface area contributed by atoms with E-state index < -0.39 is 0 Å². The minimum atomic E-state index is 0.375. The lowest BCUT2D eigenvalue weighted by Crippen LogP contribution is -2.00. The number of nitrogens with one attached hydrogen (secondary N) is 1. The van der Waals surface area contributed by atoms with Crippen molar-refractivity contribution in [2.24, 2.45) is 5.73 Å². The second-order valence-corrected chi connectivity index (χ2v) is 3.69. The molecule has 3 heteroatoms.